The zero-order valence-corrected chi connectivity index (χ0v) is 9.81. The van der Waals surface area contributed by atoms with E-state index in [9.17, 15) is 4.79 Å². The molecule has 0 aliphatic heterocycles. The number of imidazole rings is 1. The summed E-state index contributed by atoms with van der Waals surface area (Å²) in [6, 6.07) is 0. The minimum Gasteiger partial charge on any atom is -0.390 e. The maximum Gasteiger partial charge on any atom is 0.239 e. The first-order valence-electron chi connectivity index (χ1n) is 5.50. The van der Waals surface area contributed by atoms with E-state index in [4.69, 9.17) is 5.11 Å². The first-order valence-corrected chi connectivity index (χ1v) is 5.50. The molecule has 0 radical (unpaired) electrons. The molecule has 0 fully saturated rings. The molecule has 0 unspecified atom stereocenters. The molecular weight excluding hydrogens is 206 g/mol. The van der Waals surface area contributed by atoms with Crippen LogP contribution in [0.5, 0.6) is 0 Å². The van der Waals surface area contributed by atoms with E-state index in [2.05, 4.69) is 24.1 Å². The topological polar surface area (TPSA) is 67.2 Å². The van der Waals surface area contributed by atoms with Crippen molar-refractivity contribution in [2.75, 3.05) is 6.54 Å². The van der Waals surface area contributed by atoms with Crippen molar-refractivity contribution in [2.45, 2.75) is 33.4 Å². The molecule has 90 valence electrons. The van der Waals surface area contributed by atoms with Crippen LogP contribution in [0.4, 0.5) is 0 Å². The molecule has 1 heterocycles. The standard InChI is InChI=1S/C11H19N3O2/c1-9(2)3-4-12-11(16)6-14-5-10(7-15)13-8-14/h5,8-9,15H,3-4,6-7H2,1-2H3,(H,12,16). The van der Waals surface area contributed by atoms with E-state index in [-0.39, 0.29) is 19.1 Å². The number of carbonyl (C=O) groups excluding carboxylic acids is 1. The molecule has 1 amide bonds. The molecule has 0 aliphatic carbocycles. The number of hydrogen-bond donors (Lipinski definition) is 2. The zero-order chi connectivity index (χ0) is 12.0. The van der Waals surface area contributed by atoms with E-state index in [1.165, 1.54) is 0 Å². The third-order valence-electron chi connectivity index (χ3n) is 2.22. The summed E-state index contributed by atoms with van der Waals surface area (Å²) < 4.78 is 1.66. The van der Waals surface area contributed by atoms with Gasteiger partial charge in [0.25, 0.3) is 0 Å². The molecule has 0 saturated heterocycles. The van der Waals surface area contributed by atoms with E-state index in [1.54, 1.807) is 17.1 Å². The lowest BCUT2D eigenvalue weighted by molar-refractivity contribution is -0.121. The second kappa shape index (κ2) is 6.27. The summed E-state index contributed by atoms with van der Waals surface area (Å²) >= 11 is 0. The average Bonchev–Trinajstić information content (AvgIpc) is 2.65. The lowest BCUT2D eigenvalue weighted by atomic mass is 10.1. The summed E-state index contributed by atoms with van der Waals surface area (Å²) in [5, 5.41) is 11.7. The molecule has 1 aromatic rings. The minimum absolute atomic E-state index is 0.0254. The molecule has 0 aromatic carbocycles. The van der Waals surface area contributed by atoms with E-state index >= 15 is 0 Å². The van der Waals surface area contributed by atoms with Gasteiger partial charge in [-0.25, -0.2) is 4.98 Å². The van der Waals surface area contributed by atoms with Crippen LogP contribution in [0.2, 0.25) is 0 Å². The van der Waals surface area contributed by atoms with Crippen molar-refractivity contribution in [2.24, 2.45) is 5.92 Å². The Hall–Kier alpha value is -1.36. The number of aliphatic hydroxyl groups excluding tert-OH is 1. The van der Waals surface area contributed by atoms with Gasteiger partial charge in [0, 0.05) is 12.7 Å². The Kier molecular flexibility index (Phi) is 4.98. The van der Waals surface area contributed by atoms with Crippen LogP contribution in [0.25, 0.3) is 0 Å². The van der Waals surface area contributed by atoms with Crippen LogP contribution >= 0.6 is 0 Å². The first kappa shape index (κ1) is 12.7. The SMILES string of the molecule is CC(C)CCNC(=O)Cn1cnc(CO)c1. The maximum absolute atomic E-state index is 11.5. The molecule has 1 aromatic heterocycles. The van der Waals surface area contributed by atoms with Crippen molar-refractivity contribution >= 4 is 5.91 Å². The Morgan fingerprint density at radius 1 is 1.62 bits per heavy atom. The zero-order valence-electron chi connectivity index (χ0n) is 9.81. The van der Waals surface area contributed by atoms with Gasteiger partial charge in [-0.2, -0.15) is 0 Å². The lowest BCUT2D eigenvalue weighted by Gasteiger charge is -2.07. The number of nitrogens with zero attached hydrogens (tertiary/aromatic N) is 2. The van der Waals surface area contributed by atoms with Crippen molar-refractivity contribution in [3.8, 4) is 0 Å². The second-order valence-electron chi connectivity index (χ2n) is 4.23. The molecule has 0 spiro atoms. The molecule has 16 heavy (non-hydrogen) atoms. The van der Waals surface area contributed by atoms with Crippen LogP contribution < -0.4 is 5.32 Å². The van der Waals surface area contributed by atoms with Gasteiger partial charge in [-0.3, -0.25) is 4.79 Å². The number of aromatic nitrogens is 2. The fourth-order valence-corrected chi connectivity index (χ4v) is 1.30. The van der Waals surface area contributed by atoms with E-state index in [0.717, 1.165) is 6.42 Å². The largest absolute Gasteiger partial charge is 0.390 e. The highest BCUT2D eigenvalue weighted by atomic mass is 16.3. The molecule has 1 rings (SSSR count). The van der Waals surface area contributed by atoms with Crippen LogP contribution in [0.1, 0.15) is 26.0 Å². The molecule has 5 heteroatoms. The van der Waals surface area contributed by atoms with Crippen molar-refractivity contribution in [3.63, 3.8) is 0 Å². The average molecular weight is 225 g/mol. The van der Waals surface area contributed by atoms with Crippen molar-refractivity contribution in [1.29, 1.82) is 0 Å². The molecule has 0 aliphatic rings. The second-order valence-corrected chi connectivity index (χ2v) is 4.23. The van der Waals surface area contributed by atoms with Crippen LogP contribution in [0.15, 0.2) is 12.5 Å². The highest BCUT2D eigenvalue weighted by Crippen LogP contribution is 1.97. The van der Waals surface area contributed by atoms with Gasteiger partial charge in [0.1, 0.15) is 6.54 Å². The number of nitrogens with one attached hydrogen (secondary N) is 1. The Balaban J connectivity index is 2.28. The highest BCUT2D eigenvalue weighted by molar-refractivity contribution is 5.75. The number of amides is 1. The Morgan fingerprint density at radius 3 is 2.94 bits per heavy atom. The maximum atomic E-state index is 11.5. The van der Waals surface area contributed by atoms with Crippen molar-refractivity contribution < 1.29 is 9.90 Å². The normalized spacial score (nSPS) is 10.8. The number of hydrogen-bond acceptors (Lipinski definition) is 3. The third-order valence-corrected chi connectivity index (χ3v) is 2.22. The predicted molar refractivity (Wildman–Crippen MR) is 60.6 cm³/mol. The minimum atomic E-state index is -0.0953. The van der Waals surface area contributed by atoms with Crippen molar-refractivity contribution in [3.05, 3.63) is 18.2 Å². The first-order chi connectivity index (χ1) is 7.61. The van der Waals surface area contributed by atoms with Gasteiger partial charge in [0.05, 0.1) is 18.6 Å². The van der Waals surface area contributed by atoms with Gasteiger partial charge in [0.15, 0.2) is 0 Å². The monoisotopic (exact) mass is 225 g/mol. The van der Waals surface area contributed by atoms with E-state index in [1.807, 2.05) is 0 Å². The summed E-state index contributed by atoms with van der Waals surface area (Å²) in [4.78, 5) is 15.4. The number of carbonyl (C=O) groups is 1. The van der Waals surface area contributed by atoms with Crippen LogP contribution in [-0.4, -0.2) is 27.1 Å². The van der Waals surface area contributed by atoms with Gasteiger partial charge in [0.2, 0.25) is 5.91 Å². The van der Waals surface area contributed by atoms with Crippen LogP contribution in [0, 0.1) is 5.92 Å². The molecule has 2 N–H and O–H groups in total. The third kappa shape index (κ3) is 4.44. The molecule has 5 nitrogen and oxygen atoms in total. The van der Waals surface area contributed by atoms with Crippen LogP contribution in [-0.2, 0) is 17.9 Å². The van der Waals surface area contributed by atoms with Gasteiger partial charge >= 0.3 is 0 Å². The summed E-state index contributed by atoms with van der Waals surface area (Å²) in [5.74, 6) is 0.567. The summed E-state index contributed by atoms with van der Waals surface area (Å²) in [7, 11) is 0. The van der Waals surface area contributed by atoms with E-state index < -0.39 is 0 Å². The van der Waals surface area contributed by atoms with Crippen molar-refractivity contribution in [1.82, 2.24) is 14.9 Å². The Bertz CT molecular complexity index is 334. The Labute approximate surface area is 95.5 Å². The fraction of sp³-hybridized carbons (Fsp3) is 0.636. The lowest BCUT2D eigenvalue weighted by Crippen LogP contribution is -2.28. The summed E-state index contributed by atoms with van der Waals surface area (Å²) in [6.45, 7) is 5.11. The van der Waals surface area contributed by atoms with Crippen LogP contribution in [0.3, 0.4) is 0 Å². The highest BCUT2D eigenvalue weighted by Gasteiger charge is 2.03. The van der Waals surface area contributed by atoms with Gasteiger partial charge in [-0.05, 0) is 12.3 Å². The number of aliphatic hydroxyl groups is 1. The summed E-state index contributed by atoms with van der Waals surface area (Å²) in [5.41, 5.74) is 0.579. The quantitative estimate of drug-likeness (QED) is 0.742. The van der Waals surface area contributed by atoms with Gasteiger partial charge < -0.3 is 15.0 Å². The molecule has 0 atom stereocenters. The van der Waals surface area contributed by atoms with E-state index in [0.29, 0.717) is 18.2 Å². The molecule has 0 bridgehead atoms. The Morgan fingerprint density at radius 2 is 2.38 bits per heavy atom. The number of rotatable bonds is 6. The molecule has 0 saturated carbocycles. The predicted octanol–water partition coefficient (Wildman–Crippen LogP) is 0.538. The fourth-order valence-electron chi connectivity index (χ4n) is 1.30. The van der Waals surface area contributed by atoms with Gasteiger partial charge in [-0.1, -0.05) is 13.8 Å². The molecular formula is C11H19N3O2. The van der Waals surface area contributed by atoms with Gasteiger partial charge in [-0.15, -0.1) is 0 Å². The summed E-state index contributed by atoms with van der Waals surface area (Å²) in [6.07, 6.45) is 4.20. The smallest absolute Gasteiger partial charge is 0.239 e.